The van der Waals surface area contributed by atoms with Gasteiger partial charge in [-0.2, -0.15) is 0 Å². The molecule has 1 aliphatic heterocycles. The minimum absolute atomic E-state index is 0.266. The second kappa shape index (κ2) is 8.23. The van der Waals surface area contributed by atoms with E-state index in [1.807, 2.05) is 18.2 Å². The van der Waals surface area contributed by atoms with Crippen molar-refractivity contribution in [1.29, 1.82) is 0 Å². The fourth-order valence-electron chi connectivity index (χ4n) is 2.70. The number of ether oxygens (including phenoxy) is 1. The Kier molecular flexibility index (Phi) is 6.63. The average molecular weight is 316 g/mol. The molecule has 1 aromatic rings. The predicted molar refractivity (Wildman–Crippen MR) is 85.8 cm³/mol. The molecule has 4 heteroatoms. The van der Waals surface area contributed by atoms with Crippen LogP contribution in [-0.2, 0) is 11.2 Å². The van der Waals surface area contributed by atoms with E-state index in [-0.39, 0.29) is 12.1 Å². The third kappa shape index (κ3) is 4.36. The van der Waals surface area contributed by atoms with Crippen molar-refractivity contribution in [2.24, 2.45) is 0 Å². The van der Waals surface area contributed by atoms with Gasteiger partial charge >= 0.3 is 0 Å². The maximum absolute atomic E-state index is 6.29. The Hall–Kier alpha value is -0.280. The zero-order chi connectivity index (χ0) is 14.4. The monoisotopic (exact) mass is 315 g/mol. The van der Waals surface area contributed by atoms with Crippen LogP contribution in [0.5, 0.6) is 0 Å². The zero-order valence-electron chi connectivity index (χ0n) is 12.0. The molecule has 0 saturated carbocycles. The number of benzene rings is 1. The van der Waals surface area contributed by atoms with Gasteiger partial charge in [0.1, 0.15) is 0 Å². The van der Waals surface area contributed by atoms with E-state index in [0.29, 0.717) is 0 Å². The summed E-state index contributed by atoms with van der Waals surface area (Å²) >= 11 is 12.6. The molecule has 1 saturated heterocycles. The highest BCUT2D eigenvalue weighted by Crippen LogP contribution is 2.28. The number of hydrogen-bond donors (Lipinski definition) is 1. The number of halogens is 2. The highest BCUT2D eigenvalue weighted by molar-refractivity contribution is 6.36. The number of hydrogen-bond acceptors (Lipinski definition) is 2. The van der Waals surface area contributed by atoms with Crippen LogP contribution in [0.2, 0.25) is 10.0 Å². The fourth-order valence-corrected chi connectivity index (χ4v) is 3.25. The van der Waals surface area contributed by atoms with E-state index in [2.05, 4.69) is 12.2 Å². The Balaban J connectivity index is 2.09. The average Bonchev–Trinajstić information content (AvgIpc) is 2.47. The van der Waals surface area contributed by atoms with Crippen LogP contribution in [-0.4, -0.2) is 25.3 Å². The molecule has 1 N–H and O–H groups in total. The largest absolute Gasteiger partial charge is 0.377 e. The van der Waals surface area contributed by atoms with Gasteiger partial charge in [-0.05, 0) is 56.3 Å². The smallest absolute Gasteiger partial charge is 0.0731 e. The molecule has 20 heavy (non-hydrogen) atoms. The zero-order valence-corrected chi connectivity index (χ0v) is 13.5. The van der Waals surface area contributed by atoms with Gasteiger partial charge in [-0.15, -0.1) is 0 Å². The second-order valence-corrected chi connectivity index (χ2v) is 6.18. The minimum atomic E-state index is 0.266. The topological polar surface area (TPSA) is 21.3 Å². The lowest BCUT2D eigenvalue weighted by Crippen LogP contribution is -2.44. The summed E-state index contributed by atoms with van der Waals surface area (Å²) in [5.41, 5.74) is 1.03. The van der Waals surface area contributed by atoms with Crippen molar-refractivity contribution in [1.82, 2.24) is 5.32 Å². The second-order valence-electron chi connectivity index (χ2n) is 5.37. The first kappa shape index (κ1) is 16.1. The minimum Gasteiger partial charge on any atom is -0.377 e. The van der Waals surface area contributed by atoms with E-state index in [9.17, 15) is 0 Å². The molecule has 2 unspecified atom stereocenters. The van der Waals surface area contributed by atoms with Crippen molar-refractivity contribution >= 4 is 23.2 Å². The molecule has 112 valence electrons. The maximum Gasteiger partial charge on any atom is 0.0731 e. The Morgan fingerprint density at radius 2 is 2.05 bits per heavy atom. The fraction of sp³-hybridized carbons (Fsp3) is 0.625. The first-order chi connectivity index (χ1) is 9.72. The first-order valence-electron chi connectivity index (χ1n) is 7.50. The Bertz CT molecular complexity index is 399. The van der Waals surface area contributed by atoms with E-state index in [4.69, 9.17) is 27.9 Å². The van der Waals surface area contributed by atoms with Crippen LogP contribution in [0.15, 0.2) is 18.2 Å². The summed E-state index contributed by atoms with van der Waals surface area (Å²) in [7, 11) is 0. The van der Waals surface area contributed by atoms with Crippen molar-refractivity contribution in [2.45, 2.75) is 51.2 Å². The van der Waals surface area contributed by atoms with Gasteiger partial charge in [0, 0.05) is 22.7 Å². The number of rotatable bonds is 6. The molecule has 1 heterocycles. The summed E-state index contributed by atoms with van der Waals surface area (Å²) < 4.78 is 5.94. The van der Waals surface area contributed by atoms with Crippen LogP contribution in [0.25, 0.3) is 0 Å². The molecule has 0 amide bonds. The van der Waals surface area contributed by atoms with E-state index in [1.54, 1.807) is 0 Å². The van der Waals surface area contributed by atoms with Gasteiger partial charge in [-0.1, -0.05) is 36.2 Å². The van der Waals surface area contributed by atoms with Gasteiger partial charge in [-0.25, -0.2) is 0 Å². The molecular formula is C16H23Cl2NO. The molecule has 0 radical (unpaired) electrons. The molecular weight excluding hydrogens is 293 g/mol. The molecule has 0 aromatic heterocycles. The predicted octanol–water partition coefficient (Wildman–Crippen LogP) is 4.47. The van der Waals surface area contributed by atoms with E-state index in [1.165, 1.54) is 12.8 Å². The Labute approximate surface area is 131 Å². The van der Waals surface area contributed by atoms with Crippen LogP contribution in [0.4, 0.5) is 0 Å². The quantitative estimate of drug-likeness (QED) is 0.836. The standard InChI is InChI=1S/C16H23Cl2NO/c1-2-9-19-15(16-8-3-4-10-20-16)11-12-13(17)6-5-7-14(12)18/h5-7,15-16,19H,2-4,8-11H2,1H3. The van der Waals surface area contributed by atoms with Gasteiger partial charge in [0.05, 0.1) is 6.10 Å². The Morgan fingerprint density at radius 3 is 2.65 bits per heavy atom. The number of nitrogens with one attached hydrogen (secondary N) is 1. The van der Waals surface area contributed by atoms with Crippen molar-refractivity contribution in [3.8, 4) is 0 Å². The van der Waals surface area contributed by atoms with Gasteiger partial charge in [0.25, 0.3) is 0 Å². The third-order valence-electron chi connectivity index (χ3n) is 3.81. The highest BCUT2D eigenvalue weighted by Gasteiger charge is 2.25. The van der Waals surface area contributed by atoms with E-state index in [0.717, 1.165) is 48.0 Å². The Morgan fingerprint density at radius 1 is 1.30 bits per heavy atom. The van der Waals surface area contributed by atoms with Crippen LogP contribution < -0.4 is 5.32 Å². The summed E-state index contributed by atoms with van der Waals surface area (Å²) in [6.07, 6.45) is 5.73. The SMILES string of the molecule is CCCNC(Cc1c(Cl)cccc1Cl)C1CCCCO1. The lowest BCUT2D eigenvalue weighted by Gasteiger charge is -2.31. The molecule has 2 rings (SSSR count). The van der Waals surface area contributed by atoms with Gasteiger partial charge in [0.15, 0.2) is 0 Å². The summed E-state index contributed by atoms with van der Waals surface area (Å²) in [5, 5.41) is 5.09. The van der Waals surface area contributed by atoms with Crippen molar-refractivity contribution in [3.05, 3.63) is 33.8 Å². The summed E-state index contributed by atoms with van der Waals surface area (Å²) in [6, 6.07) is 5.98. The summed E-state index contributed by atoms with van der Waals surface area (Å²) in [6.45, 7) is 4.03. The van der Waals surface area contributed by atoms with Crippen LogP contribution >= 0.6 is 23.2 Å². The highest BCUT2D eigenvalue weighted by atomic mass is 35.5. The molecule has 2 atom stereocenters. The lowest BCUT2D eigenvalue weighted by atomic mass is 9.95. The normalized spacial score (nSPS) is 20.9. The van der Waals surface area contributed by atoms with E-state index >= 15 is 0 Å². The molecule has 1 aromatic carbocycles. The molecule has 2 nitrogen and oxygen atoms in total. The summed E-state index contributed by atoms with van der Waals surface area (Å²) in [4.78, 5) is 0. The third-order valence-corrected chi connectivity index (χ3v) is 4.51. The van der Waals surface area contributed by atoms with Crippen molar-refractivity contribution in [3.63, 3.8) is 0 Å². The molecule has 1 aliphatic rings. The lowest BCUT2D eigenvalue weighted by molar-refractivity contribution is -0.00736. The first-order valence-corrected chi connectivity index (χ1v) is 8.26. The van der Waals surface area contributed by atoms with Gasteiger partial charge < -0.3 is 10.1 Å². The van der Waals surface area contributed by atoms with Crippen LogP contribution in [0, 0.1) is 0 Å². The van der Waals surface area contributed by atoms with Crippen molar-refractivity contribution < 1.29 is 4.74 Å². The molecule has 0 bridgehead atoms. The van der Waals surface area contributed by atoms with Crippen LogP contribution in [0.1, 0.15) is 38.2 Å². The van der Waals surface area contributed by atoms with Crippen molar-refractivity contribution in [2.75, 3.05) is 13.2 Å². The van der Waals surface area contributed by atoms with Gasteiger partial charge in [-0.3, -0.25) is 0 Å². The van der Waals surface area contributed by atoms with Crippen LogP contribution in [0.3, 0.4) is 0 Å². The molecule has 1 fully saturated rings. The summed E-state index contributed by atoms with van der Waals surface area (Å²) in [5.74, 6) is 0. The maximum atomic E-state index is 6.29. The molecule has 0 aliphatic carbocycles. The molecule has 0 spiro atoms. The van der Waals surface area contributed by atoms with Gasteiger partial charge in [0.2, 0.25) is 0 Å². The van der Waals surface area contributed by atoms with E-state index < -0.39 is 0 Å².